The van der Waals surface area contributed by atoms with Gasteiger partial charge in [-0.15, -0.1) is 0 Å². The van der Waals surface area contributed by atoms with E-state index in [9.17, 15) is 0 Å². The van der Waals surface area contributed by atoms with E-state index in [2.05, 4.69) is 12.2 Å². The average molecular weight is 253 g/mol. The first-order valence-corrected chi connectivity index (χ1v) is 6.42. The molecule has 0 saturated carbocycles. The Bertz CT molecular complexity index is 300. The van der Waals surface area contributed by atoms with Crippen LogP contribution in [-0.2, 0) is 4.74 Å². The fourth-order valence-electron chi connectivity index (χ4n) is 1.39. The van der Waals surface area contributed by atoms with Crippen LogP contribution in [0.3, 0.4) is 0 Å². The molecule has 4 nitrogen and oxygen atoms in total. The summed E-state index contributed by atoms with van der Waals surface area (Å²) in [5.41, 5.74) is 0. The molecule has 0 heterocycles. The van der Waals surface area contributed by atoms with Crippen molar-refractivity contribution in [2.45, 2.75) is 13.3 Å². The quantitative estimate of drug-likeness (QED) is 0.648. The van der Waals surface area contributed by atoms with Crippen molar-refractivity contribution in [3.8, 4) is 11.5 Å². The van der Waals surface area contributed by atoms with E-state index in [1.165, 1.54) is 0 Å². The summed E-state index contributed by atoms with van der Waals surface area (Å²) in [5.74, 6) is 1.76. The second-order valence-electron chi connectivity index (χ2n) is 3.91. The Hall–Kier alpha value is -1.26. The minimum Gasteiger partial charge on any atom is -0.494 e. The molecular weight excluding hydrogens is 230 g/mol. The molecule has 102 valence electrons. The summed E-state index contributed by atoms with van der Waals surface area (Å²) in [6.45, 7) is 5.89. The van der Waals surface area contributed by atoms with Crippen molar-refractivity contribution in [3.63, 3.8) is 0 Å². The van der Waals surface area contributed by atoms with Gasteiger partial charge in [0, 0.05) is 20.2 Å². The minimum absolute atomic E-state index is 0.652. The van der Waals surface area contributed by atoms with Crippen LogP contribution in [0.2, 0.25) is 0 Å². The molecule has 0 aliphatic heterocycles. The molecule has 4 heteroatoms. The molecule has 0 unspecified atom stereocenters. The first kappa shape index (κ1) is 14.8. The molecule has 1 N–H and O–H groups in total. The Balaban J connectivity index is 2.14. The number of ether oxygens (including phenoxy) is 3. The molecule has 0 bridgehead atoms. The van der Waals surface area contributed by atoms with Crippen molar-refractivity contribution in [2.24, 2.45) is 0 Å². The average Bonchev–Trinajstić information content (AvgIpc) is 2.42. The molecule has 0 spiro atoms. The van der Waals surface area contributed by atoms with Crippen molar-refractivity contribution in [1.29, 1.82) is 0 Å². The van der Waals surface area contributed by atoms with Crippen LogP contribution in [0.25, 0.3) is 0 Å². The number of hydrogen-bond donors (Lipinski definition) is 1. The third-order valence-electron chi connectivity index (χ3n) is 2.33. The van der Waals surface area contributed by atoms with Gasteiger partial charge in [-0.2, -0.15) is 0 Å². The maximum absolute atomic E-state index is 5.59. The third-order valence-corrected chi connectivity index (χ3v) is 2.33. The van der Waals surface area contributed by atoms with E-state index in [-0.39, 0.29) is 0 Å². The van der Waals surface area contributed by atoms with E-state index in [4.69, 9.17) is 14.2 Å². The van der Waals surface area contributed by atoms with E-state index in [0.29, 0.717) is 6.61 Å². The lowest BCUT2D eigenvalue weighted by atomic mass is 10.3. The minimum atomic E-state index is 0.652. The van der Waals surface area contributed by atoms with Crippen molar-refractivity contribution in [3.05, 3.63) is 24.3 Å². The predicted octanol–water partition coefficient (Wildman–Crippen LogP) is 2.09. The fraction of sp³-hybridized carbons (Fsp3) is 0.571. The number of benzene rings is 1. The molecule has 0 aromatic heterocycles. The highest BCUT2D eigenvalue weighted by Gasteiger charge is 1.96. The van der Waals surface area contributed by atoms with Gasteiger partial charge in [-0.05, 0) is 30.7 Å². The second kappa shape index (κ2) is 9.74. The summed E-state index contributed by atoms with van der Waals surface area (Å²) in [7, 11) is 1.69. The second-order valence-corrected chi connectivity index (χ2v) is 3.91. The summed E-state index contributed by atoms with van der Waals surface area (Å²) >= 11 is 0. The van der Waals surface area contributed by atoms with Crippen molar-refractivity contribution in [1.82, 2.24) is 5.32 Å². The van der Waals surface area contributed by atoms with Crippen LogP contribution in [0.4, 0.5) is 0 Å². The monoisotopic (exact) mass is 253 g/mol. The number of hydrogen-bond acceptors (Lipinski definition) is 4. The molecule has 0 atom stereocenters. The molecule has 0 aliphatic carbocycles. The van der Waals surface area contributed by atoms with E-state index >= 15 is 0 Å². The highest BCUT2D eigenvalue weighted by atomic mass is 16.5. The molecule has 0 radical (unpaired) electrons. The third kappa shape index (κ3) is 6.47. The lowest BCUT2D eigenvalue weighted by molar-refractivity contribution is 0.196. The van der Waals surface area contributed by atoms with Gasteiger partial charge >= 0.3 is 0 Å². The zero-order valence-corrected chi connectivity index (χ0v) is 11.3. The fourth-order valence-corrected chi connectivity index (χ4v) is 1.39. The molecular formula is C14H23NO3. The zero-order valence-electron chi connectivity index (χ0n) is 11.3. The van der Waals surface area contributed by atoms with Crippen molar-refractivity contribution >= 4 is 0 Å². The zero-order chi connectivity index (χ0) is 13.1. The molecule has 0 fully saturated rings. The smallest absolute Gasteiger partial charge is 0.119 e. The van der Waals surface area contributed by atoms with Gasteiger partial charge in [0.25, 0.3) is 0 Å². The molecule has 0 saturated heterocycles. The molecule has 0 amide bonds. The van der Waals surface area contributed by atoms with Gasteiger partial charge in [0.1, 0.15) is 18.1 Å². The molecule has 1 rings (SSSR count). The van der Waals surface area contributed by atoms with Gasteiger partial charge in [0.05, 0.1) is 13.2 Å². The van der Waals surface area contributed by atoms with Gasteiger partial charge in [-0.25, -0.2) is 0 Å². The van der Waals surface area contributed by atoms with E-state index in [1.807, 2.05) is 24.3 Å². The van der Waals surface area contributed by atoms with Gasteiger partial charge in [0.15, 0.2) is 0 Å². The maximum atomic E-state index is 5.59. The first-order chi connectivity index (χ1) is 8.86. The Kier molecular flexibility index (Phi) is 8.01. The SMILES string of the molecule is CCCOc1ccc(OCCNCCOC)cc1. The summed E-state index contributed by atoms with van der Waals surface area (Å²) in [4.78, 5) is 0. The Morgan fingerprint density at radius 3 is 2.00 bits per heavy atom. The number of rotatable bonds is 10. The summed E-state index contributed by atoms with van der Waals surface area (Å²) in [5, 5.41) is 3.22. The van der Waals surface area contributed by atoms with Crippen LogP contribution < -0.4 is 14.8 Å². The predicted molar refractivity (Wildman–Crippen MR) is 72.5 cm³/mol. The topological polar surface area (TPSA) is 39.7 Å². The van der Waals surface area contributed by atoms with Crippen molar-refractivity contribution in [2.75, 3.05) is 40.0 Å². The van der Waals surface area contributed by atoms with Crippen LogP contribution in [0.1, 0.15) is 13.3 Å². The maximum Gasteiger partial charge on any atom is 0.119 e. The van der Waals surface area contributed by atoms with Gasteiger partial charge in [-0.1, -0.05) is 6.92 Å². The summed E-state index contributed by atoms with van der Waals surface area (Å²) in [6, 6.07) is 7.73. The summed E-state index contributed by atoms with van der Waals surface area (Å²) < 4.78 is 16.0. The molecule has 1 aromatic rings. The number of nitrogens with one attached hydrogen (secondary N) is 1. The van der Waals surface area contributed by atoms with Gasteiger partial charge in [0.2, 0.25) is 0 Å². The van der Waals surface area contributed by atoms with E-state index in [1.54, 1.807) is 7.11 Å². The van der Waals surface area contributed by atoms with Crippen LogP contribution in [-0.4, -0.2) is 40.0 Å². The highest BCUT2D eigenvalue weighted by molar-refractivity contribution is 5.31. The summed E-state index contributed by atoms with van der Waals surface area (Å²) in [6.07, 6.45) is 1.02. The Morgan fingerprint density at radius 2 is 1.44 bits per heavy atom. The van der Waals surface area contributed by atoms with Crippen LogP contribution in [0.5, 0.6) is 11.5 Å². The van der Waals surface area contributed by atoms with Gasteiger partial charge in [-0.3, -0.25) is 0 Å². The molecule has 1 aromatic carbocycles. The largest absolute Gasteiger partial charge is 0.494 e. The molecule has 18 heavy (non-hydrogen) atoms. The van der Waals surface area contributed by atoms with Gasteiger partial charge < -0.3 is 19.5 Å². The molecule has 0 aliphatic rings. The standard InChI is InChI=1S/C14H23NO3/c1-3-10-17-13-4-6-14(7-5-13)18-12-9-15-8-11-16-2/h4-7,15H,3,8-12H2,1-2H3. The first-order valence-electron chi connectivity index (χ1n) is 6.42. The lowest BCUT2D eigenvalue weighted by Gasteiger charge is -2.08. The van der Waals surface area contributed by atoms with E-state index < -0.39 is 0 Å². The number of methoxy groups -OCH3 is 1. The normalized spacial score (nSPS) is 10.3. The lowest BCUT2D eigenvalue weighted by Crippen LogP contribution is -2.24. The highest BCUT2D eigenvalue weighted by Crippen LogP contribution is 2.17. The Labute approximate surface area is 109 Å². The van der Waals surface area contributed by atoms with Crippen LogP contribution in [0.15, 0.2) is 24.3 Å². The van der Waals surface area contributed by atoms with Crippen LogP contribution in [0, 0.1) is 0 Å². The van der Waals surface area contributed by atoms with E-state index in [0.717, 1.165) is 44.2 Å². The van der Waals surface area contributed by atoms with Crippen molar-refractivity contribution < 1.29 is 14.2 Å². The van der Waals surface area contributed by atoms with Crippen LogP contribution >= 0.6 is 0 Å². The Morgan fingerprint density at radius 1 is 0.889 bits per heavy atom.